The molecule has 2 aromatic rings. The van der Waals surface area contributed by atoms with Crippen LogP contribution in [0.1, 0.15) is 23.3 Å². The van der Waals surface area contributed by atoms with Crippen molar-refractivity contribution >= 4 is 23.2 Å². The number of nitrogens with zero attached hydrogens (tertiary/aromatic N) is 3. The molecular formula is C12H8ClF2N3O3. The van der Waals surface area contributed by atoms with E-state index in [1.807, 2.05) is 0 Å². The van der Waals surface area contributed by atoms with Crippen LogP contribution in [-0.4, -0.2) is 20.5 Å². The highest BCUT2D eigenvalue weighted by Crippen LogP contribution is 2.25. The molecule has 21 heavy (non-hydrogen) atoms. The summed E-state index contributed by atoms with van der Waals surface area (Å²) in [4.78, 5) is 22.0. The first-order chi connectivity index (χ1) is 9.81. The van der Waals surface area contributed by atoms with Gasteiger partial charge >= 0.3 is 5.82 Å². The van der Waals surface area contributed by atoms with Crippen molar-refractivity contribution in [3.8, 4) is 0 Å². The smallest absolute Gasteiger partial charge is 0.358 e. The van der Waals surface area contributed by atoms with E-state index in [1.54, 1.807) is 0 Å². The van der Waals surface area contributed by atoms with E-state index in [1.165, 1.54) is 6.92 Å². The van der Waals surface area contributed by atoms with Gasteiger partial charge in [0.05, 0.1) is 16.9 Å². The summed E-state index contributed by atoms with van der Waals surface area (Å²) >= 11 is 5.63. The topological polar surface area (TPSA) is 78.0 Å². The van der Waals surface area contributed by atoms with Crippen LogP contribution in [0, 0.1) is 21.7 Å². The summed E-state index contributed by atoms with van der Waals surface area (Å²) < 4.78 is 27.3. The standard InChI is InChI=1S/C12H8ClF2N3O3/c1-6(17-5-9(13)12(16-17)18(20)21)11(19)8-3-2-7(14)4-10(8)15/h2-6H,1H3. The highest BCUT2D eigenvalue weighted by atomic mass is 35.5. The molecule has 9 heteroatoms. The Kier molecular flexibility index (Phi) is 3.99. The minimum absolute atomic E-state index is 0.237. The molecule has 0 spiro atoms. The zero-order valence-corrected chi connectivity index (χ0v) is 11.3. The molecule has 1 atom stereocenters. The number of benzene rings is 1. The van der Waals surface area contributed by atoms with Gasteiger partial charge < -0.3 is 10.1 Å². The van der Waals surface area contributed by atoms with Gasteiger partial charge in [-0.05, 0) is 24.0 Å². The van der Waals surface area contributed by atoms with Crippen LogP contribution in [0.15, 0.2) is 24.4 Å². The summed E-state index contributed by atoms with van der Waals surface area (Å²) in [7, 11) is 0. The quantitative estimate of drug-likeness (QED) is 0.493. The fourth-order valence-electron chi connectivity index (χ4n) is 1.72. The summed E-state index contributed by atoms with van der Waals surface area (Å²) in [5.74, 6) is -3.13. The van der Waals surface area contributed by atoms with E-state index in [9.17, 15) is 23.7 Å². The number of rotatable bonds is 4. The zero-order valence-electron chi connectivity index (χ0n) is 10.6. The van der Waals surface area contributed by atoms with E-state index in [0.29, 0.717) is 6.07 Å². The van der Waals surface area contributed by atoms with Gasteiger partial charge in [0.25, 0.3) is 0 Å². The van der Waals surface area contributed by atoms with Crippen LogP contribution in [0.2, 0.25) is 5.02 Å². The maximum atomic E-state index is 13.6. The number of Topliss-reactive ketones (excluding diaryl/α,β-unsaturated/α-hetero) is 1. The molecule has 1 heterocycles. The van der Waals surface area contributed by atoms with Crippen LogP contribution in [0.5, 0.6) is 0 Å². The van der Waals surface area contributed by atoms with E-state index >= 15 is 0 Å². The highest BCUT2D eigenvalue weighted by Gasteiger charge is 2.27. The van der Waals surface area contributed by atoms with Gasteiger partial charge in [0, 0.05) is 6.07 Å². The Morgan fingerprint density at radius 3 is 2.67 bits per heavy atom. The lowest BCUT2D eigenvalue weighted by atomic mass is 10.1. The Hall–Kier alpha value is -2.35. The first-order valence-corrected chi connectivity index (χ1v) is 6.07. The third kappa shape index (κ3) is 2.89. The molecular weight excluding hydrogens is 308 g/mol. The maximum absolute atomic E-state index is 13.6. The van der Waals surface area contributed by atoms with Gasteiger partial charge in [-0.25, -0.2) is 8.78 Å². The first-order valence-electron chi connectivity index (χ1n) is 5.69. The average Bonchev–Trinajstić information content (AvgIpc) is 2.79. The molecule has 0 aliphatic rings. The van der Waals surface area contributed by atoms with E-state index in [-0.39, 0.29) is 10.6 Å². The molecule has 0 saturated heterocycles. The van der Waals surface area contributed by atoms with Crippen molar-refractivity contribution in [2.45, 2.75) is 13.0 Å². The molecule has 0 radical (unpaired) electrons. The van der Waals surface area contributed by atoms with E-state index in [0.717, 1.165) is 23.0 Å². The number of hydrogen-bond acceptors (Lipinski definition) is 4. The molecule has 0 aliphatic carbocycles. The number of halogens is 3. The van der Waals surface area contributed by atoms with Gasteiger partial charge in [-0.15, -0.1) is 0 Å². The van der Waals surface area contributed by atoms with Crippen molar-refractivity contribution in [2.75, 3.05) is 0 Å². The first kappa shape index (κ1) is 15.0. The Morgan fingerprint density at radius 2 is 2.14 bits per heavy atom. The van der Waals surface area contributed by atoms with Gasteiger partial charge in [-0.2, -0.15) is 4.68 Å². The summed E-state index contributed by atoms with van der Waals surface area (Å²) in [5, 5.41) is 14.0. The molecule has 0 fully saturated rings. The molecule has 1 aromatic heterocycles. The van der Waals surface area contributed by atoms with Crippen LogP contribution in [0.3, 0.4) is 0 Å². The number of ketones is 1. The number of hydrogen-bond donors (Lipinski definition) is 0. The second-order valence-electron chi connectivity index (χ2n) is 4.20. The molecule has 6 nitrogen and oxygen atoms in total. The third-order valence-electron chi connectivity index (χ3n) is 2.82. The zero-order chi connectivity index (χ0) is 15.7. The van der Waals surface area contributed by atoms with Gasteiger partial charge in [0.15, 0.2) is 10.8 Å². The van der Waals surface area contributed by atoms with Crippen molar-refractivity contribution in [2.24, 2.45) is 0 Å². The van der Waals surface area contributed by atoms with Crippen molar-refractivity contribution < 1.29 is 18.5 Å². The summed E-state index contributed by atoms with van der Waals surface area (Å²) in [6.07, 6.45) is 1.10. The van der Waals surface area contributed by atoms with Gasteiger partial charge in [0.1, 0.15) is 17.7 Å². The number of nitro groups is 1. The predicted octanol–water partition coefficient (Wildman–Crippen LogP) is 3.17. The molecule has 0 saturated carbocycles. The lowest BCUT2D eigenvalue weighted by Gasteiger charge is -2.08. The van der Waals surface area contributed by atoms with Crippen LogP contribution < -0.4 is 0 Å². The van der Waals surface area contributed by atoms with Gasteiger partial charge in [-0.3, -0.25) is 4.79 Å². The van der Waals surface area contributed by atoms with Crippen LogP contribution in [0.25, 0.3) is 0 Å². The Labute approximate surface area is 122 Å². The van der Waals surface area contributed by atoms with Crippen molar-refractivity contribution in [3.63, 3.8) is 0 Å². The normalized spacial score (nSPS) is 12.2. The van der Waals surface area contributed by atoms with Crippen molar-refractivity contribution in [1.82, 2.24) is 9.78 Å². The average molecular weight is 316 g/mol. The lowest BCUT2D eigenvalue weighted by molar-refractivity contribution is -0.389. The predicted molar refractivity (Wildman–Crippen MR) is 69.3 cm³/mol. The summed E-state index contributed by atoms with van der Waals surface area (Å²) in [6, 6.07) is 1.50. The number of carbonyl (C=O) groups is 1. The molecule has 0 amide bonds. The second-order valence-corrected chi connectivity index (χ2v) is 4.61. The Balaban J connectivity index is 2.35. The van der Waals surface area contributed by atoms with Crippen LogP contribution in [0.4, 0.5) is 14.6 Å². The molecule has 1 aromatic carbocycles. The lowest BCUT2D eigenvalue weighted by Crippen LogP contribution is -2.18. The largest absolute Gasteiger partial charge is 0.408 e. The highest BCUT2D eigenvalue weighted by molar-refractivity contribution is 6.32. The summed E-state index contributed by atoms with van der Waals surface area (Å²) in [5.41, 5.74) is -0.335. The van der Waals surface area contributed by atoms with E-state index < -0.39 is 34.2 Å². The van der Waals surface area contributed by atoms with Crippen LogP contribution in [-0.2, 0) is 0 Å². The van der Waals surface area contributed by atoms with Gasteiger partial charge in [-0.1, -0.05) is 11.6 Å². The molecule has 1 unspecified atom stereocenters. The second kappa shape index (κ2) is 5.57. The van der Waals surface area contributed by atoms with E-state index in [2.05, 4.69) is 5.10 Å². The van der Waals surface area contributed by atoms with Gasteiger partial charge in [0.2, 0.25) is 0 Å². The fourth-order valence-corrected chi connectivity index (χ4v) is 1.92. The fraction of sp³-hybridized carbons (Fsp3) is 0.167. The number of carbonyl (C=O) groups excluding carboxylic acids is 1. The molecule has 0 aliphatic heterocycles. The Bertz CT molecular complexity index is 733. The molecule has 0 bridgehead atoms. The van der Waals surface area contributed by atoms with Crippen molar-refractivity contribution in [1.29, 1.82) is 0 Å². The number of aromatic nitrogens is 2. The molecule has 0 N–H and O–H groups in total. The van der Waals surface area contributed by atoms with Crippen molar-refractivity contribution in [3.05, 3.63) is 56.7 Å². The van der Waals surface area contributed by atoms with E-state index in [4.69, 9.17) is 11.6 Å². The SMILES string of the molecule is CC(C(=O)c1ccc(F)cc1F)n1cc(Cl)c([N+](=O)[O-])n1. The van der Waals surface area contributed by atoms with Crippen LogP contribution >= 0.6 is 11.6 Å². The maximum Gasteiger partial charge on any atom is 0.408 e. The molecule has 110 valence electrons. The summed E-state index contributed by atoms with van der Waals surface area (Å²) in [6.45, 7) is 1.37. The third-order valence-corrected chi connectivity index (χ3v) is 3.08. The Morgan fingerprint density at radius 1 is 1.48 bits per heavy atom. The molecule has 2 rings (SSSR count). The minimum atomic E-state index is -1.03. The minimum Gasteiger partial charge on any atom is -0.358 e. The monoisotopic (exact) mass is 315 g/mol.